The van der Waals surface area contributed by atoms with E-state index in [1.54, 1.807) is 12.4 Å². The monoisotopic (exact) mass is 309 g/mol. The molecule has 1 N–H and O–H groups in total. The van der Waals surface area contributed by atoms with E-state index < -0.39 is 0 Å². The zero-order valence-electron chi connectivity index (χ0n) is 13.5. The lowest BCUT2D eigenvalue weighted by Gasteiger charge is -2.29. The van der Waals surface area contributed by atoms with E-state index in [9.17, 15) is 4.79 Å². The number of rotatable bonds is 6. The average Bonchev–Trinajstić information content (AvgIpc) is 3.44. The number of carbonyl (C=O) groups is 1. The van der Waals surface area contributed by atoms with E-state index in [-0.39, 0.29) is 12.1 Å². The maximum atomic E-state index is 12.7. The highest BCUT2D eigenvalue weighted by Crippen LogP contribution is 2.35. The molecule has 0 bridgehead atoms. The zero-order chi connectivity index (χ0) is 16.1. The van der Waals surface area contributed by atoms with Crippen molar-refractivity contribution < 1.29 is 4.79 Å². The van der Waals surface area contributed by atoms with Crippen LogP contribution in [0.15, 0.2) is 54.9 Å². The van der Waals surface area contributed by atoms with Crippen LogP contribution in [0.4, 0.5) is 4.79 Å². The van der Waals surface area contributed by atoms with Gasteiger partial charge in [0.2, 0.25) is 0 Å². The molecule has 2 amide bonds. The van der Waals surface area contributed by atoms with Crippen molar-refractivity contribution in [3.8, 4) is 0 Å². The molecule has 0 aliphatic heterocycles. The second-order valence-corrected chi connectivity index (χ2v) is 6.21. The number of pyridine rings is 1. The van der Waals surface area contributed by atoms with Gasteiger partial charge in [0.15, 0.2) is 0 Å². The van der Waals surface area contributed by atoms with Gasteiger partial charge in [-0.1, -0.05) is 30.3 Å². The van der Waals surface area contributed by atoms with Crippen LogP contribution in [0, 0.1) is 5.92 Å². The molecule has 23 heavy (non-hydrogen) atoms. The molecule has 1 heterocycles. The van der Waals surface area contributed by atoms with Gasteiger partial charge in [0, 0.05) is 31.5 Å². The molecule has 120 valence electrons. The van der Waals surface area contributed by atoms with E-state index in [0.717, 1.165) is 5.56 Å². The first-order valence-electron chi connectivity index (χ1n) is 8.21. The van der Waals surface area contributed by atoms with Crippen LogP contribution in [0.2, 0.25) is 0 Å². The molecule has 1 fully saturated rings. The van der Waals surface area contributed by atoms with Gasteiger partial charge in [-0.2, -0.15) is 0 Å². The van der Waals surface area contributed by atoms with E-state index in [4.69, 9.17) is 0 Å². The highest BCUT2D eigenvalue weighted by atomic mass is 16.2. The summed E-state index contributed by atoms with van der Waals surface area (Å²) in [6.45, 7) is 3.34. The quantitative estimate of drug-likeness (QED) is 0.886. The molecule has 1 aliphatic rings. The first-order valence-corrected chi connectivity index (χ1v) is 8.21. The lowest BCUT2D eigenvalue weighted by molar-refractivity contribution is 0.167. The zero-order valence-corrected chi connectivity index (χ0v) is 13.5. The molecule has 0 radical (unpaired) electrons. The minimum atomic E-state index is 0.00469. The summed E-state index contributed by atoms with van der Waals surface area (Å²) in [5, 5.41) is 3.04. The lowest BCUT2D eigenvalue weighted by Crippen LogP contribution is -2.45. The second kappa shape index (κ2) is 7.27. The van der Waals surface area contributed by atoms with Crippen molar-refractivity contribution in [1.29, 1.82) is 0 Å². The first kappa shape index (κ1) is 15.5. The summed E-state index contributed by atoms with van der Waals surface area (Å²) in [5.74, 6) is 0.644. The van der Waals surface area contributed by atoms with E-state index in [1.165, 1.54) is 18.4 Å². The third kappa shape index (κ3) is 4.31. The van der Waals surface area contributed by atoms with Crippen molar-refractivity contribution in [3.05, 3.63) is 66.0 Å². The number of hydrogen-bond donors (Lipinski definition) is 1. The van der Waals surface area contributed by atoms with Gasteiger partial charge in [-0.15, -0.1) is 0 Å². The molecule has 1 atom stereocenters. The summed E-state index contributed by atoms with van der Waals surface area (Å²) in [5.41, 5.74) is 2.23. The number of nitrogens with zero attached hydrogens (tertiary/aromatic N) is 2. The molecular formula is C19H23N3O. The van der Waals surface area contributed by atoms with E-state index in [2.05, 4.69) is 29.4 Å². The van der Waals surface area contributed by atoms with E-state index in [0.29, 0.717) is 19.0 Å². The Hall–Kier alpha value is -2.36. The number of nitrogens with one attached hydrogen (secondary N) is 1. The Morgan fingerprint density at radius 2 is 1.87 bits per heavy atom. The molecule has 2 aromatic rings. The van der Waals surface area contributed by atoms with Crippen LogP contribution in [0.5, 0.6) is 0 Å². The van der Waals surface area contributed by atoms with Gasteiger partial charge in [0.05, 0.1) is 0 Å². The molecule has 1 saturated carbocycles. The van der Waals surface area contributed by atoms with Crippen LogP contribution >= 0.6 is 0 Å². The fourth-order valence-electron chi connectivity index (χ4n) is 2.79. The topological polar surface area (TPSA) is 45.2 Å². The Morgan fingerprint density at radius 1 is 1.17 bits per heavy atom. The van der Waals surface area contributed by atoms with Gasteiger partial charge in [-0.25, -0.2) is 4.79 Å². The number of aromatic nitrogens is 1. The van der Waals surface area contributed by atoms with Gasteiger partial charge < -0.3 is 10.2 Å². The highest BCUT2D eigenvalue weighted by molar-refractivity contribution is 5.74. The van der Waals surface area contributed by atoms with Gasteiger partial charge in [0.25, 0.3) is 0 Å². The average molecular weight is 309 g/mol. The van der Waals surface area contributed by atoms with Crippen molar-refractivity contribution >= 4 is 6.03 Å². The van der Waals surface area contributed by atoms with Crippen molar-refractivity contribution in [2.75, 3.05) is 0 Å². The predicted octanol–water partition coefficient (Wildman–Crippen LogP) is 3.59. The Kier molecular flexibility index (Phi) is 4.91. The summed E-state index contributed by atoms with van der Waals surface area (Å²) < 4.78 is 0. The number of hydrogen-bond acceptors (Lipinski definition) is 2. The Labute approximate surface area is 137 Å². The van der Waals surface area contributed by atoms with Gasteiger partial charge in [-0.05, 0) is 48.9 Å². The normalized spacial score (nSPS) is 15.0. The molecule has 4 heteroatoms. The molecule has 1 unspecified atom stereocenters. The smallest absolute Gasteiger partial charge is 0.318 e. The fraction of sp³-hybridized carbons (Fsp3) is 0.368. The Morgan fingerprint density at radius 3 is 2.52 bits per heavy atom. The summed E-state index contributed by atoms with van der Waals surface area (Å²) in [4.78, 5) is 18.7. The molecule has 3 rings (SSSR count). The van der Waals surface area contributed by atoms with Gasteiger partial charge >= 0.3 is 6.03 Å². The lowest BCUT2D eigenvalue weighted by atomic mass is 10.1. The van der Waals surface area contributed by atoms with Crippen LogP contribution in [0.3, 0.4) is 0 Å². The van der Waals surface area contributed by atoms with Crippen molar-refractivity contribution in [2.24, 2.45) is 5.92 Å². The maximum Gasteiger partial charge on any atom is 0.318 e. The van der Waals surface area contributed by atoms with Crippen LogP contribution in [0.1, 0.15) is 30.9 Å². The van der Waals surface area contributed by atoms with Crippen LogP contribution in [-0.2, 0) is 13.1 Å². The summed E-state index contributed by atoms with van der Waals surface area (Å²) in [6, 6.07) is 14.3. The Bertz CT molecular complexity index is 626. The number of carbonyl (C=O) groups excluding carboxylic acids is 1. The fourth-order valence-corrected chi connectivity index (χ4v) is 2.79. The molecule has 1 aromatic carbocycles. The van der Waals surface area contributed by atoms with Crippen molar-refractivity contribution in [1.82, 2.24) is 15.2 Å². The number of urea groups is 1. The van der Waals surface area contributed by atoms with Crippen LogP contribution in [-0.4, -0.2) is 22.0 Å². The molecule has 0 saturated heterocycles. The van der Waals surface area contributed by atoms with Crippen LogP contribution < -0.4 is 5.32 Å². The van der Waals surface area contributed by atoms with Gasteiger partial charge in [0.1, 0.15) is 0 Å². The summed E-state index contributed by atoms with van der Waals surface area (Å²) in [7, 11) is 0. The SMILES string of the molecule is CC(C1CC1)N(Cc1ccccc1)C(=O)NCc1ccncc1. The van der Waals surface area contributed by atoms with Crippen molar-refractivity contribution in [2.45, 2.75) is 38.9 Å². The highest BCUT2D eigenvalue weighted by Gasteiger charge is 2.34. The molecule has 0 spiro atoms. The number of amides is 2. The molecular weight excluding hydrogens is 286 g/mol. The Balaban J connectivity index is 1.65. The molecule has 1 aliphatic carbocycles. The third-order valence-corrected chi connectivity index (χ3v) is 4.45. The standard InChI is InChI=1S/C19H23N3O/c1-15(18-7-8-18)22(14-17-5-3-2-4-6-17)19(23)21-13-16-9-11-20-12-10-16/h2-6,9-12,15,18H,7-8,13-14H2,1H3,(H,21,23). The predicted molar refractivity (Wildman–Crippen MR) is 90.6 cm³/mol. The maximum absolute atomic E-state index is 12.7. The minimum absolute atomic E-state index is 0.00469. The molecule has 1 aromatic heterocycles. The summed E-state index contributed by atoms with van der Waals surface area (Å²) in [6.07, 6.45) is 5.94. The van der Waals surface area contributed by atoms with Gasteiger partial charge in [-0.3, -0.25) is 4.98 Å². The largest absolute Gasteiger partial charge is 0.334 e. The van der Waals surface area contributed by atoms with E-state index >= 15 is 0 Å². The third-order valence-electron chi connectivity index (χ3n) is 4.45. The molecule has 4 nitrogen and oxygen atoms in total. The summed E-state index contributed by atoms with van der Waals surface area (Å²) >= 11 is 0. The first-order chi connectivity index (χ1) is 11.2. The number of benzene rings is 1. The second-order valence-electron chi connectivity index (χ2n) is 6.21. The minimum Gasteiger partial charge on any atom is -0.334 e. The van der Waals surface area contributed by atoms with E-state index in [1.807, 2.05) is 35.2 Å². The van der Waals surface area contributed by atoms with Crippen molar-refractivity contribution in [3.63, 3.8) is 0 Å². The van der Waals surface area contributed by atoms with Crippen LogP contribution in [0.25, 0.3) is 0 Å².